The fourth-order valence-electron chi connectivity index (χ4n) is 3.06. The second-order valence-electron chi connectivity index (χ2n) is 5.66. The highest BCUT2D eigenvalue weighted by Gasteiger charge is 2.52. The minimum Gasteiger partial charge on any atom is -0.494 e. The number of rotatable bonds is 6. The van der Waals surface area contributed by atoms with Gasteiger partial charge in [0.2, 0.25) is 0 Å². The van der Waals surface area contributed by atoms with E-state index in [1.54, 1.807) is 12.1 Å². The SMILES string of the molecule is CCCOc1ccc2c(c1)[C@@H]1CN(C(=O)N1OS(=O)(=O)O)[C@H]2C(=O)O. The number of carboxylic acids is 1. The third-order valence-electron chi connectivity index (χ3n) is 3.99. The normalized spacial score (nSPS) is 22.1. The van der Waals surface area contributed by atoms with Gasteiger partial charge in [0.05, 0.1) is 13.2 Å². The molecule has 1 saturated heterocycles. The fourth-order valence-corrected chi connectivity index (χ4v) is 3.43. The molecule has 0 radical (unpaired) electrons. The van der Waals surface area contributed by atoms with Gasteiger partial charge in [0.15, 0.2) is 6.04 Å². The summed E-state index contributed by atoms with van der Waals surface area (Å²) in [6.07, 6.45) is 0.766. The Balaban J connectivity index is 2.07. The summed E-state index contributed by atoms with van der Waals surface area (Å²) in [5, 5.41) is 9.97. The van der Waals surface area contributed by atoms with Crippen LogP contribution in [0.15, 0.2) is 18.2 Å². The summed E-state index contributed by atoms with van der Waals surface area (Å²) >= 11 is 0. The Morgan fingerprint density at radius 2 is 2.08 bits per heavy atom. The maximum atomic E-state index is 12.4. The molecular weight excluding hydrogens is 356 g/mol. The van der Waals surface area contributed by atoms with Crippen molar-refractivity contribution in [2.45, 2.75) is 25.4 Å². The number of benzene rings is 1. The van der Waals surface area contributed by atoms with Crippen LogP contribution in [0.3, 0.4) is 0 Å². The summed E-state index contributed by atoms with van der Waals surface area (Å²) in [6.45, 7) is 2.28. The first-order valence-electron chi connectivity index (χ1n) is 7.49. The molecule has 0 unspecified atom stereocenters. The summed E-state index contributed by atoms with van der Waals surface area (Å²) in [5.41, 5.74) is 0.731. The number of carboxylic acid groups (broad SMARTS) is 1. The third kappa shape index (κ3) is 3.13. The molecule has 2 aliphatic heterocycles. The average molecular weight is 372 g/mol. The topological polar surface area (TPSA) is 134 Å². The maximum absolute atomic E-state index is 12.4. The number of hydrogen-bond acceptors (Lipinski definition) is 6. The molecule has 2 N–H and O–H groups in total. The standard InChI is InChI=1S/C14H16N2O8S/c1-2-5-23-8-3-4-9-10(6-8)11-7-15(12(9)13(17)18)14(19)16(11)24-25(20,21)22/h3-4,6,11-12H,2,5,7H2,1H3,(H,17,18)(H,20,21,22)/t11-,12+/m0/s1. The second-order valence-corrected chi connectivity index (χ2v) is 6.66. The molecule has 0 saturated carbocycles. The molecule has 2 bridgehead atoms. The monoisotopic (exact) mass is 372 g/mol. The highest BCUT2D eigenvalue weighted by molar-refractivity contribution is 7.80. The zero-order valence-electron chi connectivity index (χ0n) is 13.2. The first-order chi connectivity index (χ1) is 11.7. The number of hydroxylamine groups is 2. The van der Waals surface area contributed by atoms with Gasteiger partial charge in [-0.2, -0.15) is 13.5 Å². The Morgan fingerprint density at radius 3 is 2.68 bits per heavy atom. The van der Waals surface area contributed by atoms with Gasteiger partial charge < -0.3 is 14.7 Å². The highest BCUT2D eigenvalue weighted by atomic mass is 32.3. The van der Waals surface area contributed by atoms with Crippen LogP contribution in [0.5, 0.6) is 5.75 Å². The van der Waals surface area contributed by atoms with Crippen molar-refractivity contribution < 1.29 is 36.7 Å². The number of urea groups is 1. The molecule has 2 atom stereocenters. The Hall–Kier alpha value is -2.37. The number of amides is 2. The first kappa shape index (κ1) is 17.5. The smallest absolute Gasteiger partial charge is 0.418 e. The van der Waals surface area contributed by atoms with Crippen LogP contribution < -0.4 is 4.74 Å². The van der Waals surface area contributed by atoms with E-state index in [1.807, 2.05) is 6.92 Å². The van der Waals surface area contributed by atoms with Gasteiger partial charge >= 0.3 is 22.4 Å². The van der Waals surface area contributed by atoms with Crippen LogP contribution in [0, 0.1) is 0 Å². The number of nitrogens with zero attached hydrogens (tertiary/aromatic N) is 2. The van der Waals surface area contributed by atoms with E-state index in [4.69, 9.17) is 9.29 Å². The summed E-state index contributed by atoms with van der Waals surface area (Å²) in [7, 11) is -4.94. The summed E-state index contributed by atoms with van der Waals surface area (Å²) in [4.78, 5) is 25.0. The van der Waals surface area contributed by atoms with Crippen molar-refractivity contribution in [1.82, 2.24) is 9.96 Å². The van der Waals surface area contributed by atoms with E-state index in [-0.39, 0.29) is 6.54 Å². The average Bonchev–Trinajstić information content (AvgIpc) is 2.78. The van der Waals surface area contributed by atoms with Crippen molar-refractivity contribution in [3.8, 4) is 5.75 Å². The predicted molar refractivity (Wildman–Crippen MR) is 81.9 cm³/mol. The van der Waals surface area contributed by atoms with Crippen LogP contribution in [0.2, 0.25) is 0 Å². The largest absolute Gasteiger partial charge is 0.494 e. The minimum atomic E-state index is -4.94. The number of hydrogen-bond donors (Lipinski definition) is 2. The van der Waals surface area contributed by atoms with Gasteiger partial charge in [-0.1, -0.05) is 13.0 Å². The highest BCUT2D eigenvalue weighted by Crippen LogP contribution is 2.45. The summed E-state index contributed by atoms with van der Waals surface area (Å²) in [5.74, 6) is -0.798. The fraction of sp³-hybridized carbons (Fsp3) is 0.429. The first-order valence-corrected chi connectivity index (χ1v) is 8.85. The van der Waals surface area contributed by atoms with Gasteiger partial charge in [0.25, 0.3) is 0 Å². The molecule has 136 valence electrons. The lowest BCUT2D eigenvalue weighted by Gasteiger charge is -2.30. The van der Waals surface area contributed by atoms with Crippen LogP contribution in [0.1, 0.15) is 36.6 Å². The number of fused-ring (bicyclic) bond motifs is 4. The lowest BCUT2D eigenvalue weighted by Crippen LogP contribution is -2.38. The molecule has 1 aromatic carbocycles. The molecule has 25 heavy (non-hydrogen) atoms. The van der Waals surface area contributed by atoms with Gasteiger partial charge in [-0.25, -0.2) is 9.59 Å². The number of aliphatic carboxylic acids is 1. The van der Waals surface area contributed by atoms with Gasteiger partial charge in [-0.15, -0.1) is 4.28 Å². The molecule has 2 heterocycles. The lowest BCUT2D eigenvalue weighted by molar-refractivity contribution is -0.142. The van der Waals surface area contributed by atoms with Crippen LogP contribution in [-0.4, -0.2) is 53.2 Å². The van der Waals surface area contributed by atoms with E-state index in [1.165, 1.54) is 6.07 Å². The Bertz CT molecular complexity index is 824. The Morgan fingerprint density at radius 1 is 1.36 bits per heavy atom. The van der Waals surface area contributed by atoms with Crippen molar-refractivity contribution in [1.29, 1.82) is 0 Å². The van der Waals surface area contributed by atoms with E-state index in [2.05, 4.69) is 4.28 Å². The lowest BCUT2D eigenvalue weighted by atomic mass is 9.91. The Kier molecular flexibility index (Phi) is 4.31. The molecule has 0 aromatic heterocycles. The molecular formula is C14H16N2O8S. The van der Waals surface area contributed by atoms with E-state index >= 15 is 0 Å². The number of carbonyl (C=O) groups excluding carboxylic acids is 1. The van der Waals surface area contributed by atoms with Crippen LogP contribution in [0.4, 0.5) is 4.79 Å². The van der Waals surface area contributed by atoms with Gasteiger partial charge in [-0.3, -0.25) is 4.55 Å². The quantitative estimate of drug-likeness (QED) is 0.710. The van der Waals surface area contributed by atoms with Crippen molar-refractivity contribution in [3.63, 3.8) is 0 Å². The molecule has 3 rings (SSSR count). The predicted octanol–water partition coefficient (Wildman–Crippen LogP) is 1.13. The molecule has 2 amide bonds. The van der Waals surface area contributed by atoms with Gasteiger partial charge in [0, 0.05) is 0 Å². The van der Waals surface area contributed by atoms with E-state index in [9.17, 15) is 23.1 Å². The van der Waals surface area contributed by atoms with Crippen LogP contribution in [-0.2, 0) is 19.5 Å². The molecule has 1 aromatic rings. The molecule has 0 spiro atoms. The van der Waals surface area contributed by atoms with E-state index < -0.39 is 34.5 Å². The van der Waals surface area contributed by atoms with Crippen molar-refractivity contribution in [2.24, 2.45) is 0 Å². The molecule has 1 fully saturated rings. The maximum Gasteiger partial charge on any atom is 0.418 e. The minimum absolute atomic E-state index is 0.0877. The summed E-state index contributed by atoms with van der Waals surface area (Å²) in [6, 6.07) is 1.56. The zero-order valence-corrected chi connectivity index (χ0v) is 14.0. The molecule has 0 aliphatic carbocycles. The number of carbonyl (C=O) groups is 2. The number of ether oxygens (including phenoxy) is 1. The van der Waals surface area contributed by atoms with E-state index in [0.29, 0.717) is 28.5 Å². The van der Waals surface area contributed by atoms with Crippen molar-refractivity contribution in [3.05, 3.63) is 29.3 Å². The van der Waals surface area contributed by atoms with Gasteiger partial charge in [0.1, 0.15) is 11.8 Å². The van der Waals surface area contributed by atoms with Crippen LogP contribution in [0.25, 0.3) is 0 Å². The Labute approximate surface area is 143 Å². The summed E-state index contributed by atoms with van der Waals surface area (Å²) < 4.78 is 40.9. The zero-order chi connectivity index (χ0) is 18.4. The third-order valence-corrected chi connectivity index (χ3v) is 4.34. The van der Waals surface area contributed by atoms with Crippen molar-refractivity contribution in [2.75, 3.05) is 13.2 Å². The second kappa shape index (κ2) is 6.17. The van der Waals surface area contributed by atoms with E-state index in [0.717, 1.165) is 11.3 Å². The molecule has 2 aliphatic rings. The van der Waals surface area contributed by atoms with Crippen molar-refractivity contribution >= 4 is 22.4 Å². The molecule has 11 heteroatoms. The molecule has 10 nitrogen and oxygen atoms in total. The van der Waals surface area contributed by atoms with Gasteiger partial charge in [-0.05, 0) is 29.7 Å². The van der Waals surface area contributed by atoms with Crippen LogP contribution >= 0.6 is 0 Å².